The number of halogens is 1. The molecule has 5 nitrogen and oxygen atoms in total. The van der Waals surface area contributed by atoms with Gasteiger partial charge in [0, 0.05) is 44.0 Å². The average molecular weight is 381 g/mol. The zero-order valence-electron chi connectivity index (χ0n) is 15.7. The maximum atomic E-state index is 12.6. The van der Waals surface area contributed by atoms with E-state index in [9.17, 15) is 9.59 Å². The maximum Gasteiger partial charge on any atom is 0.225 e. The molecular weight excluding hydrogens is 352 g/mol. The van der Waals surface area contributed by atoms with E-state index in [0.29, 0.717) is 37.7 Å². The first-order valence-electron chi connectivity index (χ1n) is 9.42. The van der Waals surface area contributed by atoms with Crippen LogP contribution in [-0.2, 0) is 9.59 Å². The molecule has 0 atom stereocenters. The van der Waals surface area contributed by atoms with Crippen molar-refractivity contribution in [1.29, 1.82) is 0 Å². The summed E-state index contributed by atoms with van der Waals surface area (Å²) >= 11 is 5.84. The Labute approximate surface area is 161 Å². The number of hydrogen-bond acceptors (Lipinski definition) is 3. The van der Waals surface area contributed by atoms with Crippen LogP contribution in [-0.4, -0.2) is 54.9 Å². The lowest BCUT2D eigenvalue weighted by Crippen LogP contribution is -2.43. The van der Waals surface area contributed by atoms with Crippen molar-refractivity contribution in [1.82, 2.24) is 9.80 Å². The maximum absolute atomic E-state index is 12.6. The molecular formula is C20H29ClN2O3. The smallest absolute Gasteiger partial charge is 0.225 e. The zero-order valence-corrected chi connectivity index (χ0v) is 16.5. The van der Waals surface area contributed by atoms with Crippen molar-refractivity contribution in [3.05, 3.63) is 29.3 Å². The Balaban J connectivity index is 1.66. The highest BCUT2D eigenvalue weighted by Crippen LogP contribution is 2.20. The Morgan fingerprint density at radius 2 is 1.88 bits per heavy atom. The molecule has 1 heterocycles. The van der Waals surface area contributed by atoms with Crippen LogP contribution < -0.4 is 4.74 Å². The van der Waals surface area contributed by atoms with Crippen LogP contribution >= 0.6 is 11.6 Å². The standard InChI is InChI=1S/C20H29ClN2O3/c1-3-5-19(24)23-13-10-16(11-14-23)20(25)22(2)12-4-15-26-18-8-6-17(21)7-9-18/h6-9,16H,3-5,10-15H2,1-2H3. The lowest BCUT2D eigenvalue weighted by atomic mass is 9.95. The number of carbonyl (C=O) groups is 2. The minimum atomic E-state index is 0.0304. The van der Waals surface area contributed by atoms with Gasteiger partial charge in [-0.15, -0.1) is 0 Å². The average Bonchev–Trinajstić information content (AvgIpc) is 2.66. The van der Waals surface area contributed by atoms with Gasteiger partial charge in [0.2, 0.25) is 11.8 Å². The molecule has 2 amide bonds. The fraction of sp³-hybridized carbons (Fsp3) is 0.600. The predicted octanol–water partition coefficient (Wildman–Crippen LogP) is 3.61. The Kier molecular flexibility index (Phi) is 8.23. The summed E-state index contributed by atoms with van der Waals surface area (Å²) in [5, 5.41) is 0.685. The molecule has 0 radical (unpaired) electrons. The van der Waals surface area contributed by atoms with Crippen LogP contribution in [0.15, 0.2) is 24.3 Å². The highest BCUT2D eigenvalue weighted by atomic mass is 35.5. The quantitative estimate of drug-likeness (QED) is 0.647. The van der Waals surface area contributed by atoms with Gasteiger partial charge in [0.1, 0.15) is 5.75 Å². The summed E-state index contributed by atoms with van der Waals surface area (Å²) < 4.78 is 5.66. The van der Waals surface area contributed by atoms with Gasteiger partial charge in [-0.2, -0.15) is 0 Å². The molecule has 0 spiro atoms. The molecule has 1 aliphatic rings. The summed E-state index contributed by atoms with van der Waals surface area (Å²) in [7, 11) is 1.85. The number of piperidine rings is 1. The van der Waals surface area contributed by atoms with Crippen molar-refractivity contribution in [2.24, 2.45) is 5.92 Å². The summed E-state index contributed by atoms with van der Waals surface area (Å²) in [6.45, 7) is 4.63. The molecule has 6 heteroatoms. The molecule has 0 unspecified atom stereocenters. The van der Waals surface area contributed by atoms with Gasteiger partial charge in [0.05, 0.1) is 6.61 Å². The molecule has 1 aliphatic heterocycles. The van der Waals surface area contributed by atoms with Crippen LogP contribution in [0.2, 0.25) is 5.02 Å². The number of benzene rings is 1. The van der Waals surface area contributed by atoms with Gasteiger partial charge < -0.3 is 14.5 Å². The zero-order chi connectivity index (χ0) is 18.9. The third-order valence-electron chi connectivity index (χ3n) is 4.76. The summed E-state index contributed by atoms with van der Waals surface area (Å²) in [5.74, 6) is 1.21. The first-order chi connectivity index (χ1) is 12.5. The molecule has 0 aliphatic carbocycles. The second-order valence-electron chi connectivity index (χ2n) is 6.82. The molecule has 0 saturated carbocycles. The van der Waals surface area contributed by atoms with Crippen LogP contribution in [0.4, 0.5) is 0 Å². The normalized spacial score (nSPS) is 15.0. The van der Waals surface area contributed by atoms with E-state index in [-0.39, 0.29) is 17.7 Å². The van der Waals surface area contributed by atoms with Gasteiger partial charge in [-0.1, -0.05) is 18.5 Å². The van der Waals surface area contributed by atoms with E-state index < -0.39 is 0 Å². The second kappa shape index (κ2) is 10.4. The fourth-order valence-corrected chi connectivity index (χ4v) is 3.32. The summed E-state index contributed by atoms with van der Waals surface area (Å²) in [4.78, 5) is 28.2. The Hall–Kier alpha value is -1.75. The SMILES string of the molecule is CCCC(=O)N1CCC(C(=O)N(C)CCCOc2ccc(Cl)cc2)CC1. The van der Waals surface area contributed by atoms with Crippen molar-refractivity contribution in [3.63, 3.8) is 0 Å². The van der Waals surface area contributed by atoms with Crippen molar-refractivity contribution >= 4 is 23.4 Å². The largest absolute Gasteiger partial charge is 0.494 e. The van der Waals surface area contributed by atoms with Gasteiger partial charge in [-0.25, -0.2) is 0 Å². The fourth-order valence-electron chi connectivity index (χ4n) is 3.19. The number of hydrogen-bond donors (Lipinski definition) is 0. The number of likely N-dealkylation sites (tertiary alicyclic amines) is 1. The van der Waals surface area contributed by atoms with Crippen LogP contribution in [0.5, 0.6) is 5.75 Å². The molecule has 2 rings (SSSR count). The lowest BCUT2D eigenvalue weighted by Gasteiger charge is -2.33. The highest BCUT2D eigenvalue weighted by Gasteiger charge is 2.28. The molecule has 1 aromatic carbocycles. The van der Waals surface area contributed by atoms with Crippen LogP contribution in [0, 0.1) is 5.92 Å². The number of ether oxygens (including phenoxy) is 1. The summed E-state index contributed by atoms with van der Waals surface area (Å²) in [5.41, 5.74) is 0. The molecule has 0 bridgehead atoms. The molecule has 0 N–H and O–H groups in total. The first-order valence-corrected chi connectivity index (χ1v) is 9.80. The number of amides is 2. The molecule has 0 aromatic heterocycles. The number of nitrogens with zero attached hydrogens (tertiary/aromatic N) is 2. The van der Waals surface area contributed by atoms with E-state index in [1.165, 1.54) is 0 Å². The van der Waals surface area contributed by atoms with Gasteiger partial charge in [0.25, 0.3) is 0 Å². The molecule has 1 saturated heterocycles. The van der Waals surface area contributed by atoms with E-state index in [4.69, 9.17) is 16.3 Å². The van der Waals surface area contributed by atoms with Crippen LogP contribution in [0.25, 0.3) is 0 Å². The van der Waals surface area contributed by atoms with E-state index in [1.54, 1.807) is 17.0 Å². The number of rotatable bonds is 8. The highest BCUT2D eigenvalue weighted by molar-refractivity contribution is 6.30. The molecule has 1 fully saturated rings. The van der Waals surface area contributed by atoms with Gasteiger partial charge >= 0.3 is 0 Å². The van der Waals surface area contributed by atoms with Crippen molar-refractivity contribution < 1.29 is 14.3 Å². The van der Waals surface area contributed by atoms with Crippen molar-refractivity contribution in [2.75, 3.05) is 33.3 Å². The summed E-state index contributed by atoms with van der Waals surface area (Å²) in [6.07, 6.45) is 3.78. The van der Waals surface area contributed by atoms with Crippen molar-refractivity contribution in [2.45, 2.75) is 39.0 Å². The Morgan fingerprint density at radius 3 is 2.50 bits per heavy atom. The Bertz CT molecular complexity index is 583. The topological polar surface area (TPSA) is 49.9 Å². The van der Waals surface area contributed by atoms with E-state index in [2.05, 4.69) is 0 Å². The van der Waals surface area contributed by atoms with Gasteiger partial charge in [-0.05, 0) is 49.9 Å². The van der Waals surface area contributed by atoms with E-state index in [0.717, 1.165) is 31.4 Å². The molecule has 1 aromatic rings. The minimum Gasteiger partial charge on any atom is -0.494 e. The van der Waals surface area contributed by atoms with Gasteiger partial charge in [0.15, 0.2) is 0 Å². The molecule has 144 valence electrons. The van der Waals surface area contributed by atoms with Gasteiger partial charge in [-0.3, -0.25) is 9.59 Å². The third-order valence-corrected chi connectivity index (χ3v) is 5.01. The Morgan fingerprint density at radius 1 is 1.23 bits per heavy atom. The summed E-state index contributed by atoms with van der Waals surface area (Å²) in [6, 6.07) is 7.27. The van der Waals surface area contributed by atoms with E-state index >= 15 is 0 Å². The van der Waals surface area contributed by atoms with Crippen LogP contribution in [0.3, 0.4) is 0 Å². The lowest BCUT2D eigenvalue weighted by molar-refractivity contribution is -0.140. The monoisotopic (exact) mass is 380 g/mol. The third kappa shape index (κ3) is 6.20. The van der Waals surface area contributed by atoms with E-state index in [1.807, 2.05) is 31.0 Å². The minimum absolute atomic E-state index is 0.0304. The first kappa shape index (κ1) is 20.6. The molecule has 26 heavy (non-hydrogen) atoms. The second-order valence-corrected chi connectivity index (χ2v) is 7.26. The predicted molar refractivity (Wildman–Crippen MR) is 103 cm³/mol. The van der Waals surface area contributed by atoms with Crippen molar-refractivity contribution in [3.8, 4) is 5.75 Å². The number of carbonyl (C=O) groups excluding carboxylic acids is 2. The van der Waals surface area contributed by atoms with Crippen LogP contribution in [0.1, 0.15) is 39.0 Å².